The molecule has 4 unspecified atom stereocenters. The van der Waals surface area contributed by atoms with Gasteiger partial charge in [0.05, 0.1) is 0 Å². The Labute approximate surface area is 207 Å². The SMILES string of the molecule is CCC/C(=C\CCC1CCC(C(CC)CCC2COCC2CCC2CC=CCC2)CC1)CC. The number of rotatable bonds is 14. The van der Waals surface area contributed by atoms with E-state index in [0.29, 0.717) is 0 Å². The van der Waals surface area contributed by atoms with Gasteiger partial charge in [-0.1, -0.05) is 70.3 Å². The maximum atomic E-state index is 5.99. The van der Waals surface area contributed by atoms with Crippen LogP contribution in [0, 0.1) is 35.5 Å². The fraction of sp³-hybridized carbons (Fsp3) is 0.875. The average molecular weight is 457 g/mol. The molecular weight excluding hydrogens is 400 g/mol. The van der Waals surface area contributed by atoms with Crippen LogP contribution in [0.3, 0.4) is 0 Å². The third-order valence-electron chi connectivity index (χ3n) is 9.68. The lowest BCUT2D eigenvalue weighted by atomic mass is 9.71. The highest BCUT2D eigenvalue weighted by atomic mass is 16.5. The minimum Gasteiger partial charge on any atom is -0.381 e. The van der Waals surface area contributed by atoms with Crippen molar-refractivity contribution in [3.63, 3.8) is 0 Å². The maximum absolute atomic E-state index is 5.99. The molecule has 0 N–H and O–H groups in total. The standard InChI is InChI=1S/C32H56O/c1-4-11-26(5-2)14-10-15-28-16-19-30(20-17-28)29(6-3)22-23-32-25-33-24-31(32)21-18-27-12-8-7-9-13-27/h7-8,14,27-32H,4-6,9-13,15-25H2,1-3H3/b26-14-. The zero-order chi connectivity index (χ0) is 23.3. The molecule has 0 aromatic heterocycles. The van der Waals surface area contributed by atoms with E-state index in [-0.39, 0.29) is 0 Å². The van der Waals surface area contributed by atoms with Crippen LogP contribution in [0.15, 0.2) is 23.8 Å². The Hall–Kier alpha value is -0.560. The summed E-state index contributed by atoms with van der Waals surface area (Å²) in [7, 11) is 0. The second-order valence-electron chi connectivity index (χ2n) is 11.9. The minimum absolute atomic E-state index is 0.845. The maximum Gasteiger partial charge on any atom is 0.0497 e. The van der Waals surface area contributed by atoms with E-state index >= 15 is 0 Å². The first-order chi connectivity index (χ1) is 16.2. The second kappa shape index (κ2) is 15.4. The van der Waals surface area contributed by atoms with E-state index < -0.39 is 0 Å². The predicted molar refractivity (Wildman–Crippen MR) is 144 cm³/mol. The monoisotopic (exact) mass is 456 g/mol. The first-order valence-corrected chi connectivity index (χ1v) is 15.1. The Bertz CT molecular complexity index is 567. The van der Waals surface area contributed by atoms with Gasteiger partial charge < -0.3 is 4.74 Å². The molecule has 1 heterocycles. The third kappa shape index (κ3) is 9.19. The highest BCUT2D eigenvalue weighted by Gasteiger charge is 2.31. The van der Waals surface area contributed by atoms with Gasteiger partial charge in [0.1, 0.15) is 0 Å². The van der Waals surface area contributed by atoms with Crippen LogP contribution in [0.5, 0.6) is 0 Å². The molecule has 1 saturated heterocycles. The molecule has 4 atom stereocenters. The molecule has 3 rings (SSSR count). The van der Waals surface area contributed by atoms with Crippen molar-refractivity contribution < 1.29 is 4.74 Å². The molecule has 3 aliphatic rings. The number of ether oxygens (including phenoxy) is 1. The van der Waals surface area contributed by atoms with Crippen molar-refractivity contribution in [1.29, 1.82) is 0 Å². The summed E-state index contributed by atoms with van der Waals surface area (Å²) >= 11 is 0. The highest BCUT2D eigenvalue weighted by Crippen LogP contribution is 2.40. The smallest absolute Gasteiger partial charge is 0.0497 e. The van der Waals surface area contributed by atoms with Gasteiger partial charge in [0.25, 0.3) is 0 Å². The topological polar surface area (TPSA) is 9.23 Å². The van der Waals surface area contributed by atoms with Crippen LogP contribution in [0.2, 0.25) is 0 Å². The molecule has 0 aromatic carbocycles. The molecule has 0 aromatic rings. The van der Waals surface area contributed by atoms with Crippen LogP contribution in [0.1, 0.15) is 130 Å². The highest BCUT2D eigenvalue weighted by molar-refractivity contribution is 5.01. The van der Waals surface area contributed by atoms with Gasteiger partial charge in [0, 0.05) is 13.2 Å². The first kappa shape index (κ1) is 27.0. The molecule has 1 aliphatic heterocycles. The van der Waals surface area contributed by atoms with Crippen LogP contribution in [0.25, 0.3) is 0 Å². The van der Waals surface area contributed by atoms with Crippen molar-refractivity contribution in [3.8, 4) is 0 Å². The van der Waals surface area contributed by atoms with E-state index in [1.54, 1.807) is 5.57 Å². The van der Waals surface area contributed by atoms with E-state index in [1.165, 1.54) is 109 Å². The van der Waals surface area contributed by atoms with Crippen molar-refractivity contribution in [3.05, 3.63) is 23.8 Å². The summed E-state index contributed by atoms with van der Waals surface area (Å²) in [4.78, 5) is 0. The second-order valence-corrected chi connectivity index (χ2v) is 11.9. The normalized spacial score (nSPS) is 31.7. The fourth-order valence-corrected chi connectivity index (χ4v) is 7.27. The Morgan fingerprint density at radius 3 is 2.33 bits per heavy atom. The zero-order valence-corrected chi connectivity index (χ0v) is 22.5. The number of hydrogen-bond acceptors (Lipinski definition) is 1. The lowest BCUT2D eigenvalue weighted by Gasteiger charge is -2.34. The Morgan fingerprint density at radius 1 is 0.879 bits per heavy atom. The van der Waals surface area contributed by atoms with Gasteiger partial charge in [0.2, 0.25) is 0 Å². The molecular formula is C32H56O. The van der Waals surface area contributed by atoms with E-state index in [2.05, 4.69) is 39.0 Å². The largest absolute Gasteiger partial charge is 0.381 e. The van der Waals surface area contributed by atoms with E-state index in [4.69, 9.17) is 4.74 Å². The molecule has 0 amide bonds. The van der Waals surface area contributed by atoms with Crippen LogP contribution < -0.4 is 0 Å². The third-order valence-corrected chi connectivity index (χ3v) is 9.68. The Balaban J connectivity index is 1.34. The van der Waals surface area contributed by atoms with Crippen LogP contribution in [-0.2, 0) is 4.74 Å². The van der Waals surface area contributed by atoms with Gasteiger partial charge in [0.15, 0.2) is 0 Å². The molecule has 0 spiro atoms. The summed E-state index contributed by atoms with van der Waals surface area (Å²) in [6.07, 6.45) is 31.2. The molecule has 33 heavy (non-hydrogen) atoms. The molecule has 1 saturated carbocycles. The number of allylic oxidation sites excluding steroid dienone is 4. The lowest BCUT2D eigenvalue weighted by molar-refractivity contribution is 0.165. The van der Waals surface area contributed by atoms with Crippen LogP contribution >= 0.6 is 0 Å². The van der Waals surface area contributed by atoms with Crippen molar-refractivity contribution in [1.82, 2.24) is 0 Å². The van der Waals surface area contributed by atoms with Crippen molar-refractivity contribution in [2.24, 2.45) is 35.5 Å². The predicted octanol–water partition coefficient (Wildman–Crippen LogP) is 9.91. The molecule has 0 bridgehead atoms. The first-order valence-electron chi connectivity index (χ1n) is 15.1. The van der Waals surface area contributed by atoms with Gasteiger partial charge in [-0.05, 0) is 119 Å². The number of hydrogen-bond donors (Lipinski definition) is 0. The quantitative estimate of drug-likeness (QED) is 0.236. The van der Waals surface area contributed by atoms with Gasteiger partial charge >= 0.3 is 0 Å². The van der Waals surface area contributed by atoms with E-state index in [9.17, 15) is 0 Å². The summed E-state index contributed by atoms with van der Waals surface area (Å²) in [6, 6.07) is 0. The van der Waals surface area contributed by atoms with Gasteiger partial charge in [-0.15, -0.1) is 0 Å². The fourth-order valence-electron chi connectivity index (χ4n) is 7.27. The molecule has 190 valence electrons. The summed E-state index contributed by atoms with van der Waals surface area (Å²) in [5.41, 5.74) is 1.70. The molecule has 2 fully saturated rings. The van der Waals surface area contributed by atoms with Crippen molar-refractivity contribution >= 4 is 0 Å². The molecule has 1 nitrogen and oxygen atoms in total. The van der Waals surface area contributed by atoms with Gasteiger partial charge in [-0.25, -0.2) is 0 Å². The average Bonchev–Trinajstić information content (AvgIpc) is 3.31. The zero-order valence-electron chi connectivity index (χ0n) is 22.5. The van der Waals surface area contributed by atoms with E-state index in [0.717, 1.165) is 48.7 Å². The van der Waals surface area contributed by atoms with Crippen LogP contribution in [-0.4, -0.2) is 13.2 Å². The Morgan fingerprint density at radius 2 is 1.67 bits per heavy atom. The summed E-state index contributed by atoms with van der Waals surface area (Å²) < 4.78 is 5.99. The van der Waals surface area contributed by atoms with Crippen LogP contribution in [0.4, 0.5) is 0 Å². The summed E-state index contributed by atoms with van der Waals surface area (Å²) in [5, 5.41) is 0. The molecule has 1 heteroatoms. The van der Waals surface area contributed by atoms with E-state index in [1.807, 2.05) is 0 Å². The Kier molecular flexibility index (Phi) is 12.6. The van der Waals surface area contributed by atoms with Gasteiger partial charge in [-0.2, -0.15) is 0 Å². The summed E-state index contributed by atoms with van der Waals surface area (Å²) in [5.74, 6) is 5.60. The van der Waals surface area contributed by atoms with Crippen molar-refractivity contribution in [2.75, 3.05) is 13.2 Å². The lowest BCUT2D eigenvalue weighted by Crippen LogP contribution is -2.23. The minimum atomic E-state index is 0.845. The van der Waals surface area contributed by atoms with Crippen molar-refractivity contribution in [2.45, 2.75) is 130 Å². The molecule has 2 aliphatic carbocycles. The molecule has 0 radical (unpaired) electrons. The van der Waals surface area contributed by atoms with Gasteiger partial charge in [-0.3, -0.25) is 0 Å². The summed E-state index contributed by atoms with van der Waals surface area (Å²) in [6.45, 7) is 9.18.